The first-order valence-electron chi connectivity index (χ1n) is 5.26. The van der Waals surface area contributed by atoms with E-state index < -0.39 is 0 Å². The van der Waals surface area contributed by atoms with Gasteiger partial charge in [0.05, 0.1) is 18.5 Å². The lowest BCUT2D eigenvalue weighted by Gasteiger charge is -2.06. The summed E-state index contributed by atoms with van der Waals surface area (Å²) in [6.45, 7) is 0.293. The van der Waals surface area contributed by atoms with Crippen LogP contribution in [0.4, 0.5) is 0 Å². The minimum atomic E-state index is -0.246. The summed E-state index contributed by atoms with van der Waals surface area (Å²) in [5.74, 6) is 5.41. The van der Waals surface area contributed by atoms with Crippen molar-refractivity contribution in [3.8, 4) is 5.75 Å². The van der Waals surface area contributed by atoms with Gasteiger partial charge in [0.1, 0.15) is 5.75 Å². The quantitative estimate of drug-likeness (QED) is 0.467. The third-order valence-electron chi connectivity index (χ3n) is 2.34. The van der Waals surface area contributed by atoms with Gasteiger partial charge in [-0.25, -0.2) is 5.84 Å². The fourth-order valence-electron chi connectivity index (χ4n) is 1.47. The maximum absolute atomic E-state index is 10.9. The molecule has 88 valence electrons. The molecule has 1 aromatic carbocycles. The number of aromatic nitrogens is 1. The van der Waals surface area contributed by atoms with Gasteiger partial charge in [-0.1, -0.05) is 6.07 Å². The van der Waals surface area contributed by atoms with Crippen molar-refractivity contribution >= 4 is 16.8 Å². The van der Waals surface area contributed by atoms with Crippen molar-refractivity contribution in [3.63, 3.8) is 0 Å². The molecule has 0 unspecified atom stereocenters. The molecule has 5 nitrogen and oxygen atoms in total. The Bertz CT molecular complexity index is 528. The Morgan fingerprint density at radius 3 is 3.12 bits per heavy atom. The van der Waals surface area contributed by atoms with Crippen LogP contribution in [0.25, 0.3) is 10.9 Å². The third kappa shape index (κ3) is 2.92. The second-order valence-electron chi connectivity index (χ2n) is 3.52. The maximum Gasteiger partial charge on any atom is 0.237 e. The normalized spacial score (nSPS) is 10.2. The standard InChI is InChI=1S/C12H13N3O2/c13-15-12(16)5-7-17-10-4-3-9-2-1-6-14-11(9)8-10/h1-4,6,8H,5,7,13H2,(H,15,16). The zero-order valence-electron chi connectivity index (χ0n) is 9.22. The number of nitrogens with two attached hydrogens (primary N) is 1. The predicted molar refractivity (Wildman–Crippen MR) is 64.2 cm³/mol. The van der Waals surface area contributed by atoms with E-state index in [0.29, 0.717) is 12.4 Å². The average Bonchev–Trinajstić information content (AvgIpc) is 2.38. The van der Waals surface area contributed by atoms with Crippen LogP contribution in [-0.4, -0.2) is 17.5 Å². The van der Waals surface area contributed by atoms with Crippen molar-refractivity contribution < 1.29 is 9.53 Å². The summed E-state index contributed by atoms with van der Waals surface area (Å²) in [5, 5.41) is 1.06. The van der Waals surface area contributed by atoms with E-state index in [1.54, 1.807) is 6.20 Å². The number of hydrogen-bond acceptors (Lipinski definition) is 4. The summed E-state index contributed by atoms with van der Waals surface area (Å²) in [4.78, 5) is 15.1. The Hall–Kier alpha value is -2.14. The lowest BCUT2D eigenvalue weighted by atomic mass is 10.2. The fourth-order valence-corrected chi connectivity index (χ4v) is 1.47. The minimum Gasteiger partial charge on any atom is -0.493 e. The van der Waals surface area contributed by atoms with Gasteiger partial charge in [0.15, 0.2) is 0 Å². The number of benzene rings is 1. The van der Waals surface area contributed by atoms with Crippen LogP contribution in [0.15, 0.2) is 36.5 Å². The molecule has 0 aliphatic carbocycles. The van der Waals surface area contributed by atoms with Crippen LogP contribution in [0, 0.1) is 0 Å². The number of carbonyl (C=O) groups excluding carboxylic acids is 1. The molecular formula is C12H13N3O2. The average molecular weight is 231 g/mol. The Morgan fingerprint density at radius 1 is 1.41 bits per heavy atom. The van der Waals surface area contributed by atoms with Crippen LogP contribution in [0.2, 0.25) is 0 Å². The van der Waals surface area contributed by atoms with E-state index in [4.69, 9.17) is 10.6 Å². The first kappa shape index (κ1) is 11.3. The van der Waals surface area contributed by atoms with E-state index in [2.05, 4.69) is 4.98 Å². The highest BCUT2D eigenvalue weighted by atomic mass is 16.5. The highest BCUT2D eigenvalue weighted by Crippen LogP contribution is 2.18. The zero-order valence-corrected chi connectivity index (χ0v) is 9.22. The lowest BCUT2D eigenvalue weighted by Crippen LogP contribution is -2.31. The molecule has 2 rings (SSSR count). The van der Waals surface area contributed by atoms with Crippen LogP contribution in [0.5, 0.6) is 5.75 Å². The number of carbonyl (C=O) groups is 1. The van der Waals surface area contributed by atoms with E-state index in [-0.39, 0.29) is 12.3 Å². The Labute approximate surface area is 98.6 Å². The summed E-state index contributed by atoms with van der Waals surface area (Å²) in [6, 6.07) is 9.49. The number of hydrazine groups is 1. The SMILES string of the molecule is NNC(=O)CCOc1ccc2cccnc2c1. The predicted octanol–water partition coefficient (Wildman–Crippen LogP) is 0.994. The van der Waals surface area contributed by atoms with E-state index in [1.807, 2.05) is 35.8 Å². The Morgan fingerprint density at radius 2 is 2.29 bits per heavy atom. The van der Waals surface area contributed by atoms with Crippen LogP contribution in [0.3, 0.4) is 0 Å². The molecule has 0 fully saturated rings. The van der Waals surface area contributed by atoms with Crippen LogP contribution in [-0.2, 0) is 4.79 Å². The van der Waals surface area contributed by atoms with Gasteiger partial charge < -0.3 is 4.74 Å². The molecule has 0 radical (unpaired) electrons. The maximum atomic E-state index is 10.9. The molecule has 0 aliphatic rings. The molecule has 0 bridgehead atoms. The topological polar surface area (TPSA) is 77.2 Å². The summed E-state index contributed by atoms with van der Waals surface area (Å²) in [7, 11) is 0. The smallest absolute Gasteiger partial charge is 0.237 e. The van der Waals surface area contributed by atoms with Crippen molar-refractivity contribution in [1.29, 1.82) is 0 Å². The first-order chi connectivity index (χ1) is 8.29. The van der Waals surface area contributed by atoms with E-state index in [9.17, 15) is 4.79 Å². The minimum absolute atomic E-state index is 0.233. The number of pyridine rings is 1. The summed E-state index contributed by atoms with van der Waals surface area (Å²) in [5.41, 5.74) is 2.92. The molecule has 0 atom stereocenters. The first-order valence-corrected chi connectivity index (χ1v) is 5.26. The summed E-state index contributed by atoms with van der Waals surface area (Å²) < 4.78 is 5.43. The van der Waals surface area contributed by atoms with E-state index >= 15 is 0 Å². The monoisotopic (exact) mass is 231 g/mol. The molecule has 2 aromatic rings. The van der Waals surface area contributed by atoms with E-state index in [0.717, 1.165) is 10.9 Å². The van der Waals surface area contributed by atoms with Gasteiger partial charge >= 0.3 is 0 Å². The molecule has 1 amide bonds. The van der Waals surface area contributed by atoms with Crippen molar-refractivity contribution in [3.05, 3.63) is 36.5 Å². The Kier molecular flexibility index (Phi) is 3.52. The number of nitrogens with zero attached hydrogens (tertiary/aromatic N) is 1. The molecule has 0 saturated carbocycles. The number of rotatable bonds is 4. The molecule has 1 heterocycles. The molecule has 5 heteroatoms. The molecule has 3 N–H and O–H groups in total. The number of nitrogens with one attached hydrogen (secondary N) is 1. The molecule has 1 aromatic heterocycles. The second kappa shape index (κ2) is 5.27. The van der Waals surface area contributed by atoms with Gasteiger partial charge in [-0.05, 0) is 18.2 Å². The van der Waals surface area contributed by atoms with Gasteiger partial charge in [-0.3, -0.25) is 15.2 Å². The van der Waals surface area contributed by atoms with Crippen molar-refractivity contribution in [2.75, 3.05) is 6.61 Å². The summed E-state index contributed by atoms with van der Waals surface area (Å²) >= 11 is 0. The molecule has 0 saturated heterocycles. The number of amides is 1. The number of fused-ring (bicyclic) bond motifs is 1. The van der Waals surface area contributed by atoms with Gasteiger partial charge in [0.25, 0.3) is 0 Å². The van der Waals surface area contributed by atoms with Gasteiger partial charge in [-0.15, -0.1) is 0 Å². The third-order valence-corrected chi connectivity index (χ3v) is 2.34. The second-order valence-corrected chi connectivity index (χ2v) is 3.52. The van der Waals surface area contributed by atoms with E-state index in [1.165, 1.54) is 0 Å². The van der Waals surface area contributed by atoms with Crippen LogP contribution in [0.1, 0.15) is 6.42 Å². The van der Waals surface area contributed by atoms with Crippen LogP contribution < -0.4 is 16.0 Å². The molecule has 0 spiro atoms. The van der Waals surface area contributed by atoms with Crippen molar-refractivity contribution in [1.82, 2.24) is 10.4 Å². The summed E-state index contributed by atoms with van der Waals surface area (Å²) in [6.07, 6.45) is 1.96. The molecular weight excluding hydrogens is 218 g/mol. The highest BCUT2D eigenvalue weighted by Gasteiger charge is 2.00. The Balaban J connectivity index is 2.02. The molecule has 17 heavy (non-hydrogen) atoms. The fraction of sp³-hybridized carbons (Fsp3) is 0.167. The zero-order chi connectivity index (χ0) is 12.1. The van der Waals surface area contributed by atoms with Crippen LogP contribution >= 0.6 is 0 Å². The van der Waals surface area contributed by atoms with Crippen molar-refractivity contribution in [2.24, 2.45) is 5.84 Å². The van der Waals surface area contributed by atoms with Gasteiger partial charge in [-0.2, -0.15) is 0 Å². The van der Waals surface area contributed by atoms with Gasteiger partial charge in [0, 0.05) is 17.6 Å². The van der Waals surface area contributed by atoms with Gasteiger partial charge in [0.2, 0.25) is 5.91 Å². The largest absolute Gasteiger partial charge is 0.493 e. The highest BCUT2D eigenvalue weighted by molar-refractivity contribution is 5.79. The number of hydrogen-bond donors (Lipinski definition) is 2. The molecule has 0 aliphatic heterocycles. The lowest BCUT2D eigenvalue weighted by molar-refractivity contribution is -0.121. The van der Waals surface area contributed by atoms with Crippen molar-refractivity contribution in [2.45, 2.75) is 6.42 Å². The number of ether oxygens (including phenoxy) is 1.